The number of methoxy groups -OCH3 is 1. The minimum absolute atomic E-state index is 0.689. The van der Waals surface area contributed by atoms with Crippen LogP contribution < -0.4 is 5.32 Å². The third-order valence-corrected chi connectivity index (χ3v) is 5.23. The van der Waals surface area contributed by atoms with Crippen LogP contribution in [0.3, 0.4) is 0 Å². The van der Waals surface area contributed by atoms with Crippen molar-refractivity contribution >= 4 is 22.3 Å². The number of aliphatic hydroxyl groups excluding tert-OH is 4. The maximum absolute atomic E-state index is 11.7. The van der Waals surface area contributed by atoms with Gasteiger partial charge in [0.15, 0.2) is 18.7 Å². The van der Waals surface area contributed by atoms with Gasteiger partial charge in [-0.05, 0) is 0 Å². The number of aliphatic hydroxyl groups is 4. The molecular weight excluding hydrogens is 466 g/mol. The van der Waals surface area contributed by atoms with Gasteiger partial charge in [-0.2, -0.15) is 8.42 Å². The monoisotopic (exact) mass is 491 g/mol. The minimum atomic E-state index is -5.19. The molecule has 2 aliphatic heterocycles. The molecule has 0 aliphatic carbocycles. The molecule has 16 nitrogen and oxygen atoms in total. The second-order valence-corrected chi connectivity index (χ2v) is 8.06. The Hall–Kier alpha value is -1.51. The first-order valence-electron chi connectivity index (χ1n) is 9.10. The SMILES string of the molecule is CO[C@@H]1O[C@H](CO)[C@H](OS(=O)(=O)O)[C@H](O[C@@H]2O[C@H](C(=O)O)[C@@H](O)[C@H](O)[C@H]2O)[C@H]1NC(C)=O. The average Bonchev–Trinajstić information content (AvgIpc) is 2.68. The first-order valence-corrected chi connectivity index (χ1v) is 10.5. The molecule has 0 aromatic rings. The molecule has 0 aromatic carbocycles. The van der Waals surface area contributed by atoms with Gasteiger partial charge in [-0.25, -0.2) is 8.98 Å². The highest BCUT2D eigenvalue weighted by atomic mass is 32.3. The van der Waals surface area contributed by atoms with E-state index >= 15 is 0 Å². The Morgan fingerprint density at radius 1 is 1.03 bits per heavy atom. The molecule has 0 bridgehead atoms. The zero-order valence-electron chi connectivity index (χ0n) is 16.7. The van der Waals surface area contributed by atoms with Crippen molar-refractivity contribution in [2.75, 3.05) is 13.7 Å². The van der Waals surface area contributed by atoms with Crippen LogP contribution in [-0.4, -0.2) is 125 Å². The third kappa shape index (κ3) is 6.08. The number of hydrogen-bond acceptors (Lipinski definition) is 13. The predicted molar refractivity (Wildman–Crippen MR) is 96.0 cm³/mol. The Balaban J connectivity index is 2.46. The minimum Gasteiger partial charge on any atom is -0.479 e. The van der Waals surface area contributed by atoms with E-state index in [4.69, 9.17) is 23.5 Å². The first-order chi connectivity index (χ1) is 14.8. The Morgan fingerprint density at radius 3 is 2.12 bits per heavy atom. The smallest absolute Gasteiger partial charge is 0.397 e. The second-order valence-electron chi connectivity index (χ2n) is 7.01. The summed E-state index contributed by atoms with van der Waals surface area (Å²) in [4.78, 5) is 23.0. The number of ether oxygens (including phenoxy) is 4. The lowest BCUT2D eigenvalue weighted by Crippen LogP contribution is -2.68. The molecule has 0 unspecified atom stereocenters. The standard InChI is InChI=1S/C15H25NO15S/c1-4(18)16-6-11(10(31-32(24,25)26)5(3-17)28-14(6)27-2)29-15-9(21)7(19)8(20)12(30-15)13(22)23/h5-12,14-15,17,19-21H,3H2,1-2H3,(H,16,18)(H,22,23)(H,24,25,26)/t5-,6-,7+,8+,9-,10+,11-,12+,14-,15-/m1/s1. The number of carboxylic acids is 1. The van der Waals surface area contributed by atoms with Gasteiger partial charge in [-0.15, -0.1) is 0 Å². The normalized spacial score (nSPS) is 40.6. The van der Waals surface area contributed by atoms with Crippen molar-refractivity contribution in [2.45, 2.75) is 68.3 Å². The van der Waals surface area contributed by atoms with Crippen molar-refractivity contribution in [3.8, 4) is 0 Å². The molecule has 2 saturated heterocycles. The number of carbonyl (C=O) groups excluding carboxylic acids is 1. The summed E-state index contributed by atoms with van der Waals surface area (Å²) in [6.07, 6.45) is -16.7. The Morgan fingerprint density at radius 2 is 1.66 bits per heavy atom. The van der Waals surface area contributed by atoms with Crippen molar-refractivity contribution in [2.24, 2.45) is 0 Å². The van der Waals surface area contributed by atoms with Gasteiger partial charge in [-0.3, -0.25) is 9.35 Å². The molecule has 186 valence electrons. The van der Waals surface area contributed by atoms with E-state index in [0.717, 1.165) is 14.0 Å². The van der Waals surface area contributed by atoms with Gasteiger partial charge in [0.1, 0.15) is 42.7 Å². The lowest BCUT2D eigenvalue weighted by Gasteiger charge is -2.47. The van der Waals surface area contributed by atoms with Gasteiger partial charge >= 0.3 is 16.4 Å². The maximum atomic E-state index is 11.7. The summed E-state index contributed by atoms with van der Waals surface area (Å²) in [6, 6.07) is -1.41. The summed E-state index contributed by atoms with van der Waals surface area (Å²) in [5.74, 6) is -2.40. The number of carbonyl (C=O) groups is 2. The molecular formula is C15H25NO15S. The van der Waals surface area contributed by atoms with E-state index in [1.54, 1.807) is 0 Å². The van der Waals surface area contributed by atoms with E-state index in [9.17, 15) is 43.5 Å². The molecule has 0 radical (unpaired) electrons. The van der Waals surface area contributed by atoms with E-state index in [1.807, 2.05) is 0 Å². The van der Waals surface area contributed by atoms with Crippen molar-refractivity contribution in [3.05, 3.63) is 0 Å². The van der Waals surface area contributed by atoms with Gasteiger partial charge in [0.2, 0.25) is 5.91 Å². The van der Waals surface area contributed by atoms with Crippen molar-refractivity contribution in [3.63, 3.8) is 0 Å². The molecule has 0 saturated carbocycles. The fourth-order valence-electron chi connectivity index (χ4n) is 3.38. The predicted octanol–water partition coefficient (Wildman–Crippen LogP) is -4.68. The van der Waals surface area contributed by atoms with Crippen molar-refractivity contribution < 1.29 is 71.2 Å². The fourth-order valence-corrected chi connectivity index (χ4v) is 3.89. The molecule has 0 spiro atoms. The van der Waals surface area contributed by atoms with E-state index in [2.05, 4.69) is 9.50 Å². The van der Waals surface area contributed by atoms with Gasteiger partial charge in [0.25, 0.3) is 0 Å². The lowest BCUT2D eigenvalue weighted by atomic mass is 9.95. The molecule has 32 heavy (non-hydrogen) atoms. The van der Waals surface area contributed by atoms with Crippen LogP contribution in [0.2, 0.25) is 0 Å². The number of carboxylic acid groups (broad SMARTS) is 1. The van der Waals surface area contributed by atoms with Crippen LogP contribution in [0.15, 0.2) is 0 Å². The topological polar surface area (TPSA) is 248 Å². The highest BCUT2D eigenvalue weighted by molar-refractivity contribution is 7.80. The van der Waals surface area contributed by atoms with Crippen molar-refractivity contribution in [1.82, 2.24) is 5.32 Å². The van der Waals surface area contributed by atoms with Crippen LogP contribution in [-0.2, 0) is 43.1 Å². The van der Waals surface area contributed by atoms with Crippen LogP contribution in [0.4, 0.5) is 0 Å². The van der Waals surface area contributed by atoms with Crippen LogP contribution in [0.1, 0.15) is 6.92 Å². The molecule has 2 fully saturated rings. The van der Waals surface area contributed by atoms with Gasteiger partial charge in [0.05, 0.1) is 6.61 Å². The number of aliphatic carboxylic acids is 1. The molecule has 10 atom stereocenters. The van der Waals surface area contributed by atoms with Gasteiger partial charge in [0, 0.05) is 14.0 Å². The van der Waals surface area contributed by atoms with E-state index in [1.165, 1.54) is 0 Å². The summed E-state index contributed by atoms with van der Waals surface area (Å²) in [5.41, 5.74) is 0. The fraction of sp³-hybridized carbons (Fsp3) is 0.867. The van der Waals surface area contributed by atoms with Crippen molar-refractivity contribution in [1.29, 1.82) is 0 Å². The molecule has 2 heterocycles. The van der Waals surface area contributed by atoms with Gasteiger partial charge < -0.3 is 49.8 Å². The number of hydrogen-bond donors (Lipinski definition) is 7. The molecule has 17 heteroatoms. The number of rotatable bonds is 8. The Labute approximate surface area is 181 Å². The highest BCUT2D eigenvalue weighted by Gasteiger charge is 2.54. The number of nitrogens with one attached hydrogen (secondary N) is 1. The second kappa shape index (κ2) is 10.6. The lowest BCUT2D eigenvalue weighted by molar-refractivity contribution is -0.336. The van der Waals surface area contributed by atoms with Crippen LogP contribution in [0.5, 0.6) is 0 Å². The van der Waals surface area contributed by atoms with Crippen LogP contribution in [0, 0.1) is 0 Å². The summed E-state index contributed by atoms with van der Waals surface area (Å²) >= 11 is 0. The zero-order valence-corrected chi connectivity index (χ0v) is 17.6. The molecule has 1 amide bonds. The van der Waals surface area contributed by atoms with Crippen LogP contribution >= 0.6 is 0 Å². The largest absolute Gasteiger partial charge is 0.479 e. The zero-order chi connectivity index (χ0) is 24.4. The quantitative estimate of drug-likeness (QED) is 0.158. The highest BCUT2D eigenvalue weighted by Crippen LogP contribution is 2.31. The number of amides is 1. The van der Waals surface area contributed by atoms with Crippen LogP contribution in [0.25, 0.3) is 0 Å². The van der Waals surface area contributed by atoms with Gasteiger partial charge in [-0.1, -0.05) is 0 Å². The molecule has 2 aliphatic rings. The molecule has 2 rings (SSSR count). The van der Waals surface area contributed by atoms with E-state index in [0.29, 0.717) is 0 Å². The Kier molecular flexibility index (Phi) is 8.87. The Bertz CT molecular complexity index is 777. The first kappa shape index (κ1) is 26.7. The molecule has 0 aromatic heterocycles. The molecule has 7 N–H and O–H groups in total. The summed E-state index contributed by atoms with van der Waals surface area (Å²) < 4.78 is 57.4. The maximum Gasteiger partial charge on any atom is 0.397 e. The van der Waals surface area contributed by atoms with E-state index < -0.39 is 90.2 Å². The third-order valence-electron chi connectivity index (χ3n) is 4.77. The summed E-state index contributed by atoms with van der Waals surface area (Å²) in [6.45, 7) is 0.187. The summed E-state index contributed by atoms with van der Waals surface area (Å²) in [7, 11) is -4.04. The average molecular weight is 491 g/mol. The summed E-state index contributed by atoms with van der Waals surface area (Å²) in [5, 5.41) is 51.1. The van der Waals surface area contributed by atoms with E-state index in [-0.39, 0.29) is 0 Å².